The average molecular weight is 283 g/mol. The summed E-state index contributed by atoms with van der Waals surface area (Å²) in [4.78, 5) is 10.0. The highest BCUT2D eigenvalue weighted by atomic mass is 32.2. The summed E-state index contributed by atoms with van der Waals surface area (Å²) < 4.78 is 0. The van der Waals surface area contributed by atoms with Crippen LogP contribution in [0.4, 0.5) is 5.95 Å². The third-order valence-electron chi connectivity index (χ3n) is 2.39. The number of hydrogen-bond donors (Lipinski definition) is 2. The largest absolute Gasteiger partial charge is 0.395 e. The minimum absolute atomic E-state index is 0.141. The molecule has 4 nitrogen and oxygen atoms in total. The molecule has 0 spiro atoms. The van der Waals surface area contributed by atoms with Crippen molar-refractivity contribution in [1.82, 2.24) is 9.97 Å². The number of hydrogen-bond acceptors (Lipinski definition) is 6. The SMILES string of the molecule is CCCNc1nc(SC(C)CO)c2ccsc2n1. The van der Waals surface area contributed by atoms with E-state index >= 15 is 0 Å². The molecule has 2 aromatic heterocycles. The second-order valence-electron chi connectivity index (χ2n) is 4.03. The molecule has 0 aliphatic rings. The van der Waals surface area contributed by atoms with Crippen LogP contribution < -0.4 is 5.32 Å². The monoisotopic (exact) mass is 283 g/mol. The molecule has 0 aromatic carbocycles. The molecule has 2 rings (SSSR count). The highest BCUT2D eigenvalue weighted by Crippen LogP contribution is 2.31. The first-order valence-electron chi connectivity index (χ1n) is 6.01. The molecule has 0 amide bonds. The van der Waals surface area contributed by atoms with Crippen LogP contribution in [0.25, 0.3) is 10.2 Å². The molecular formula is C12H17N3OS2. The lowest BCUT2D eigenvalue weighted by molar-refractivity contribution is 0.300. The second-order valence-corrected chi connectivity index (χ2v) is 6.35. The number of nitrogens with one attached hydrogen (secondary N) is 1. The highest BCUT2D eigenvalue weighted by molar-refractivity contribution is 8.00. The molecule has 98 valence electrons. The van der Waals surface area contributed by atoms with Crippen molar-refractivity contribution in [2.45, 2.75) is 30.5 Å². The smallest absolute Gasteiger partial charge is 0.225 e. The summed E-state index contributed by atoms with van der Waals surface area (Å²) in [5, 5.41) is 16.6. The molecular weight excluding hydrogens is 266 g/mol. The fraction of sp³-hybridized carbons (Fsp3) is 0.500. The zero-order chi connectivity index (χ0) is 13.0. The van der Waals surface area contributed by atoms with E-state index in [2.05, 4.69) is 22.2 Å². The van der Waals surface area contributed by atoms with Crippen LogP contribution in [0.15, 0.2) is 16.5 Å². The van der Waals surface area contributed by atoms with E-state index in [0.717, 1.165) is 28.2 Å². The van der Waals surface area contributed by atoms with Crippen molar-refractivity contribution >= 4 is 39.3 Å². The first-order valence-corrected chi connectivity index (χ1v) is 7.77. The number of thioether (sulfide) groups is 1. The molecule has 2 N–H and O–H groups in total. The van der Waals surface area contributed by atoms with Crippen LogP contribution in [0, 0.1) is 0 Å². The van der Waals surface area contributed by atoms with E-state index in [9.17, 15) is 0 Å². The van der Waals surface area contributed by atoms with Gasteiger partial charge in [-0.2, -0.15) is 0 Å². The Bertz CT molecular complexity index is 515. The molecule has 0 fully saturated rings. The number of rotatable bonds is 6. The van der Waals surface area contributed by atoms with Gasteiger partial charge in [0.05, 0.1) is 6.61 Å². The van der Waals surface area contributed by atoms with Crippen LogP contribution in [0.3, 0.4) is 0 Å². The van der Waals surface area contributed by atoms with Gasteiger partial charge in [-0.15, -0.1) is 23.1 Å². The summed E-state index contributed by atoms with van der Waals surface area (Å²) in [6, 6.07) is 2.04. The molecule has 2 aromatic rings. The van der Waals surface area contributed by atoms with E-state index < -0.39 is 0 Å². The van der Waals surface area contributed by atoms with Crippen LogP contribution in [0.5, 0.6) is 0 Å². The maximum atomic E-state index is 9.15. The lowest BCUT2D eigenvalue weighted by Crippen LogP contribution is -2.06. The number of fused-ring (bicyclic) bond motifs is 1. The van der Waals surface area contributed by atoms with Gasteiger partial charge in [0.1, 0.15) is 9.86 Å². The number of aromatic nitrogens is 2. The lowest BCUT2D eigenvalue weighted by Gasteiger charge is -2.10. The Morgan fingerprint density at radius 1 is 1.50 bits per heavy atom. The summed E-state index contributed by atoms with van der Waals surface area (Å²) in [5.41, 5.74) is 0. The van der Waals surface area contributed by atoms with Crippen molar-refractivity contribution in [2.75, 3.05) is 18.5 Å². The first kappa shape index (κ1) is 13.6. The third kappa shape index (κ3) is 3.13. The van der Waals surface area contributed by atoms with Crippen LogP contribution in [0.1, 0.15) is 20.3 Å². The lowest BCUT2D eigenvalue weighted by atomic mass is 10.4. The maximum absolute atomic E-state index is 9.15. The van der Waals surface area contributed by atoms with Gasteiger partial charge in [-0.25, -0.2) is 9.97 Å². The van der Waals surface area contributed by atoms with Crippen molar-refractivity contribution < 1.29 is 5.11 Å². The molecule has 0 radical (unpaired) electrons. The Balaban J connectivity index is 2.32. The molecule has 0 aliphatic heterocycles. The molecule has 0 bridgehead atoms. The summed E-state index contributed by atoms with van der Waals surface area (Å²) >= 11 is 3.21. The van der Waals surface area contributed by atoms with Gasteiger partial charge in [0.15, 0.2) is 0 Å². The first-order chi connectivity index (χ1) is 8.74. The quantitative estimate of drug-likeness (QED) is 0.630. The van der Waals surface area contributed by atoms with Gasteiger partial charge in [0.25, 0.3) is 0 Å². The maximum Gasteiger partial charge on any atom is 0.225 e. The van der Waals surface area contributed by atoms with Crippen LogP contribution >= 0.6 is 23.1 Å². The molecule has 1 unspecified atom stereocenters. The standard InChI is InChI=1S/C12H17N3OS2/c1-3-5-13-12-14-10-9(4-6-17-10)11(15-12)18-8(2)7-16/h4,6,8,16H,3,5,7H2,1-2H3,(H,13,14,15). The van der Waals surface area contributed by atoms with Crippen LogP contribution in [-0.2, 0) is 0 Å². The van der Waals surface area contributed by atoms with E-state index in [1.54, 1.807) is 23.1 Å². The molecule has 0 saturated heterocycles. The van der Waals surface area contributed by atoms with Gasteiger partial charge >= 0.3 is 0 Å². The minimum atomic E-state index is 0.141. The Kier molecular flexibility index (Phi) is 4.79. The zero-order valence-electron chi connectivity index (χ0n) is 10.5. The van der Waals surface area contributed by atoms with Crippen molar-refractivity contribution in [3.63, 3.8) is 0 Å². The fourth-order valence-electron chi connectivity index (χ4n) is 1.46. The number of aliphatic hydroxyl groups excluding tert-OH is 1. The van der Waals surface area contributed by atoms with Gasteiger partial charge in [-0.05, 0) is 17.9 Å². The van der Waals surface area contributed by atoms with Crippen LogP contribution in [-0.4, -0.2) is 33.5 Å². The van der Waals surface area contributed by atoms with E-state index in [1.165, 1.54) is 0 Å². The average Bonchev–Trinajstić information content (AvgIpc) is 2.84. The summed E-state index contributed by atoms with van der Waals surface area (Å²) in [5.74, 6) is 0.680. The normalized spacial score (nSPS) is 12.8. The van der Waals surface area contributed by atoms with E-state index in [-0.39, 0.29) is 11.9 Å². The zero-order valence-corrected chi connectivity index (χ0v) is 12.1. The third-order valence-corrected chi connectivity index (χ3v) is 4.29. The Labute approximate surface area is 115 Å². The molecule has 0 saturated carbocycles. The second kappa shape index (κ2) is 6.36. The van der Waals surface area contributed by atoms with Gasteiger partial charge in [0, 0.05) is 17.2 Å². The highest BCUT2D eigenvalue weighted by Gasteiger charge is 2.12. The number of thiophene rings is 1. The number of nitrogens with zero attached hydrogens (tertiary/aromatic N) is 2. The molecule has 0 aliphatic carbocycles. The predicted molar refractivity (Wildman–Crippen MR) is 78.6 cm³/mol. The van der Waals surface area contributed by atoms with Crippen molar-refractivity contribution in [2.24, 2.45) is 0 Å². The van der Waals surface area contributed by atoms with Gasteiger partial charge < -0.3 is 10.4 Å². The minimum Gasteiger partial charge on any atom is -0.395 e. The Morgan fingerprint density at radius 3 is 3.06 bits per heavy atom. The molecule has 1 atom stereocenters. The van der Waals surface area contributed by atoms with Crippen LogP contribution in [0.2, 0.25) is 0 Å². The van der Waals surface area contributed by atoms with Crippen molar-refractivity contribution in [3.05, 3.63) is 11.4 Å². The van der Waals surface area contributed by atoms with Gasteiger partial charge in [0.2, 0.25) is 5.95 Å². The topological polar surface area (TPSA) is 58.0 Å². The molecule has 2 heterocycles. The van der Waals surface area contributed by atoms with E-state index in [0.29, 0.717) is 5.95 Å². The van der Waals surface area contributed by atoms with E-state index in [1.807, 2.05) is 18.4 Å². The number of aliphatic hydroxyl groups is 1. The fourth-order valence-corrected chi connectivity index (χ4v) is 3.18. The van der Waals surface area contributed by atoms with Gasteiger partial charge in [-0.1, -0.05) is 13.8 Å². The van der Waals surface area contributed by atoms with Gasteiger partial charge in [-0.3, -0.25) is 0 Å². The van der Waals surface area contributed by atoms with E-state index in [4.69, 9.17) is 5.11 Å². The molecule has 6 heteroatoms. The predicted octanol–water partition coefficient (Wildman–Crippen LogP) is 2.99. The van der Waals surface area contributed by atoms with Crippen molar-refractivity contribution in [1.29, 1.82) is 0 Å². The Hall–Kier alpha value is -0.850. The van der Waals surface area contributed by atoms with Crippen molar-refractivity contribution in [3.8, 4) is 0 Å². The molecule has 18 heavy (non-hydrogen) atoms. The summed E-state index contributed by atoms with van der Waals surface area (Å²) in [7, 11) is 0. The summed E-state index contributed by atoms with van der Waals surface area (Å²) in [6.07, 6.45) is 1.04. The number of anilines is 1. The Morgan fingerprint density at radius 2 is 2.33 bits per heavy atom. The summed E-state index contributed by atoms with van der Waals surface area (Å²) in [6.45, 7) is 5.12.